The van der Waals surface area contributed by atoms with E-state index in [9.17, 15) is 4.79 Å². The van der Waals surface area contributed by atoms with E-state index >= 15 is 0 Å². The molecule has 4 aromatic carbocycles. The van der Waals surface area contributed by atoms with Crippen molar-refractivity contribution in [1.82, 2.24) is 9.97 Å². The van der Waals surface area contributed by atoms with E-state index in [0.29, 0.717) is 12.8 Å². The van der Waals surface area contributed by atoms with Crippen LogP contribution < -0.4 is 10.5 Å². The first-order valence-corrected chi connectivity index (χ1v) is 11.3. The Morgan fingerprint density at radius 3 is 2.21 bits per heavy atom. The zero-order valence-electron chi connectivity index (χ0n) is 18.6. The smallest absolute Gasteiger partial charge is 0.217 e. The van der Waals surface area contributed by atoms with Gasteiger partial charge in [-0.3, -0.25) is 4.79 Å². The molecule has 1 unspecified atom stereocenters. The summed E-state index contributed by atoms with van der Waals surface area (Å²) >= 11 is 0. The lowest BCUT2D eigenvalue weighted by Crippen LogP contribution is -2.12. The van der Waals surface area contributed by atoms with Crippen LogP contribution in [0.25, 0.3) is 22.4 Å². The number of rotatable bonds is 8. The van der Waals surface area contributed by atoms with Crippen LogP contribution in [0, 0.1) is 0 Å². The number of hydrogen-bond donors (Lipinski definition) is 2. The molecule has 1 atom stereocenters. The SMILES string of the molecule is NC(=O)CCC(c1ccccc1)c1ccc2nc(-c3ccc(Oc4ccccc4)cc3)[nH]c2c1. The number of aromatic amines is 1. The van der Waals surface area contributed by atoms with Crippen LogP contribution in [0.15, 0.2) is 103 Å². The standard InChI is InChI=1S/C29H25N3O2/c30-28(33)18-16-25(20-7-3-1-4-8-20)22-13-17-26-27(19-22)32-29(31-26)21-11-14-24(15-12-21)34-23-9-5-2-6-10-23/h1-15,17,19,25H,16,18H2,(H2,30,33)(H,31,32). The van der Waals surface area contributed by atoms with Crippen molar-refractivity contribution in [2.45, 2.75) is 18.8 Å². The van der Waals surface area contributed by atoms with Gasteiger partial charge in [0.05, 0.1) is 11.0 Å². The first-order chi connectivity index (χ1) is 16.7. The number of nitrogens with one attached hydrogen (secondary N) is 1. The molecule has 0 aliphatic heterocycles. The maximum Gasteiger partial charge on any atom is 0.217 e. The third-order valence-electron chi connectivity index (χ3n) is 5.90. The molecule has 168 valence electrons. The lowest BCUT2D eigenvalue weighted by atomic mass is 9.87. The molecule has 5 rings (SSSR count). The molecule has 34 heavy (non-hydrogen) atoms. The minimum Gasteiger partial charge on any atom is -0.457 e. The van der Waals surface area contributed by atoms with Crippen LogP contribution in [0.2, 0.25) is 0 Å². The number of carbonyl (C=O) groups excluding carboxylic acids is 1. The molecule has 0 saturated carbocycles. The van der Waals surface area contributed by atoms with Gasteiger partial charge in [-0.25, -0.2) is 4.98 Å². The highest BCUT2D eigenvalue weighted by atomic mass is 16.5. The average Bonchev–Trinajstić information content (AvgIpc) is 3.29. The molecule has 0 aliphatic rings. The van der Waals surface area contributed by atoms with Crippen molar-refractivity contribution in [3.63, 3.8) is 0 Å². The molecule has 0 aliphatic carbocycles. The number of aromatic nitrogens is 2. The van der Waals surface area contributed by atoms with Crippen molar-refractivity contribution >= 4 is 16.9 Å². The molecule has 0 radical (unpaired) electrons. The van der Waals surface area contributed by atoms with Crippen LogP contribution in [0.3, 0.4) is 0 Å². The van der Waals surface area contributed by atoms with Crippen LogP contribution in [-0.2, 0) is 4.79 Å². The summed E-state index contributed by atoms with van der Waals surface area (Å²) in [7, 11) is 0. The molecule has 0 spiro atoms. The minimum atomic E-state index is -0.287. The van der Waals surface area contributed by atoms with Crippen molar-refractivity contribution < 1.29 is 9.53 Å². The Kier molecular flexibility index (Phi) is 6.08. The largest absolute Gasteiger partial charge is 0.457 e. The minimum absolute atomic E-state index is 0.0827. The zero-order valence-corrected chi connectivity index (χ0v) is 18.6. The number of para-hydroxylation sites is 1. The summed E-state index contributed by atoms with van der Waals surface area (Å²) in [4.78, 5) is 19.7. The monoisotopic (exact) mass is 447 g/mol. The Morgan fingerprint density at radius 2 is 1.50 bits per heavy atom. The van der Waals surface area contributed by atoms with E-state index in [-0.39, 0.29) is 11.8 Å². The van der Waals surface area contributed by atoms with Crippen LogP contribution >= 0.6 is 0 Å². The van der Waals surface area contributed by atoms with E-state index in [2.05, 4.69) is 29.2 Å². The summed E-state index contributed by atoms with van der Waals surface area (Å²) in [5.74, 6) is 2.17. The number of ether oxygens (including phenoxy) is 1. The van der Waals surface area contributed by atoms with Gasteiger partial charge < -0.3 is 15.5 Å². The fourth-order valence-electron chi connectivity index (χ4n) is 4.18. The molecular weight excluding hydrogens is 422 g/mol. The second-order valence-corrected chi connectivity index (χ2v) is 8.27. The summed E-state index contributed by atoms with van der Waals surface area (Å²) < 4.78 is 5.89. The normalized spacial score (nSPS) is 11.9. The van der Waals surface area contributed by atoms with Crippen molar-refractivity contribution in [1.29, 1.82) is 0 Å². The van der Waals surface area contributed by atoms with Crippen LogP contribution in [0.1, 0.15) is 29.9 Å². The Bertz CT molecular complexity index is 1390. The Labute approximate surface area is 198 Å². The molecule has 3 N–H and O–H groups in total. The lowest BCUT2D eigenvalue weighted by Gasteiger charge is -2.17. The number of amides is 1. The number of fused-ring (bicyclic) bond motifs is 1. The highest BCUT2D eigenvalue weighted by Gasteiger charge is 2.17. The van der Waals surface area contributed by atoms with E-state index in [1.165, 1.54) is 0 Å². The molecule has 0 bridgehead atoms. The summed E-state index contributed by atoms with van der Waals surface area (Å²) in [5.41, 5.74) is 10.6. The molecule has 1 heterocycles. The second-order valence-electron chi connectivity index (χ2n) is 8.27. The highest BCUT2D eigenvalue weighted by Crippen LogP contribution is 2.32. The van der Waals surface area contributed by atoms with Crippen LogP contribution in [0.4, 0.5) is 0 Å². The molecular formula is C29H25N3O2. The Balaban J connectivity index is 1.41. The number of imidazole rings is 1. The molecule has 5 aromatic rings. The number of nitrogens with zero attached hydrogens (tertiary/aromatic N) is 1. The average molecular weight is 448 g/mol. The summed E-state index contributed by atoms with van der Waals surface area (Å²) in [6, 6.07) is 34.0. The predicted octanol–water partition coefficient (Wildman–Crippen LogP) is 6.42. The van der Waals surface area contributed by atoms with E-state index in [0.717, 1.165) is 45.0 Å². The molecule has 0 saturated heterocycles. The lowest BCUT2D eigenvalue weighted by molar-refractivity contribution is -0.118. The molecule has 0 fully saturated rings. The van der Waals surface area contributed by atoms with Gasteiger partial charge in [0.25, 0.3) is 0 Å². The van der Waals surface area contributed by atoms with E-state index in [1.807, 2.05) is 78.9 Å². The first kappa shape index (κ1) is 21.5. The molecule has 1 aromatic heterocycles. The zero-order chi connectivity index (χ0) is 23.3. The van der Waals surface area contributed by atoms with E-state index in [1.54, 1.807) is 0 Å². The number of hydrogen-bond acceptors (Lipinski definition) is 3. The Morgan fingerprint density at radius 1 is 0.824 bits per heavy atom. The third kappa shape index (κ3) is 4.84. The van der Waals surface area contributed by atoms with Crippen LogP contribution in [-0.4, -0.2) is 15.9 Å². The Hall–Kier alpha value is -4.38. The predicted molar refractivity (Wildman–Crippen MR) is 135 cm³/mol. The molecule has 5 heteroatoms. The van der Waals surface area contributed by atoms with Gasteiger partial charge in [-0.1, -0.05) is 54.6 Å². The van der Waals surface area contributed by atoms with Crippen molar-refractivity contribution in [3.05, 3.63) is 114 Å². The summed E-state index contributed by atoms with van der Waals surface area (Å²) in [6.45, 7) is 0. The fraction of sp³-hybridized carbons (Fsp3) is 0.103. The number of nitrogens with two attached hydrogens (primary N) is 1. The van der Waals surface area contributed by atoms with Gasteiger partial charge in [0.2, 0.25) is 5.91 Å². The maximum absolute atomic E-state index is 11.5. The number of benzene rings is 4. The number of primary amides is 1. The van der Waals surface area contributed by atoms with Gasteiger partial charge >= 0.3 is 0 Å². The molecule has 5 nitrogen and oxygen atoms in total. The first-order valence-electron chi connectivity index (χ1n) is 11.3. The van der Waals surface area contributed by atoms with Crippen molar-refractivity contribution in [2.75, 3.05) is 0 Å². The van der Waals surface area contributed by atoms with E-state index in [4.69, 9.17) is 15.5 Å². The van der Waals surface area contributed by atoms with Gasteiger partial charge in [0.1, 0.15) is 17.3 Å². The second kappa shape index (κ2) is 9.63. The third-order valence-corrected chi connectivity index (χ3v) is 5.90. The van der Waals surface area contributed by atoms with Crippen molar-refractivity contribution in [2.24, 2.45) is 5.73 Å². The summed E-state index contributed by atoms with van der Waals surface area (Å²) in [6.07, 6.45) is 0.998. The van der Waals surface area contributed by atoms with Gasteiger partial charge in [0.15, 0.2) is 0 Å². The number of H-pyrrole nitrogens is 1. The highest BCUT2D eigenvalue weighted by molar-refractivity contribution is 5.80. The topological polar surface area (TPSA) is 81.0 Å². The van der Waals surface area contributed by atoms with Gasteiger partial charge in [-0.2, -0.15) is 0 Å². The van der Waals surface area contributed by atoms with Gasteiger partial charge in [-0.15, -0.1) is 0 Å². The van der Waals surface area contributed by atoms with Crippen molar-refractivity contribution in [3.8, 4) is 22.9 Å². The fourth-order valence-corrected chi connectivity index (χ4v) is 4.18. The van der Waals surface area contributed by atoms with Gasteiger partial charge in [-0.05, 0) is 66.1 Å². The molecule has 1 amide bonds. The van der Waals surface area contributed by atoms with E-state index < -0.39 is 0 Å². The number of carbonyl (C=O) groups is 1. The maximum atomic E-state index is 11.5. The summed E-state index contributed by atoms with van der Waals surface area (Å²) in [5, 5.41) is 0. The van der Waals surface area contributed by atoms with Gasteiger partial charge in [0, 0.05) is 17.9 Å². The quantitative estimate of drug-likeness (QED) is 0.288. The van der Waals surface area contributed by atoms with Crippen LogP contribution in [0.5, 0.6) is 11.5 Å².